The lowest BCUT2D eigenvalue weighted by Gasteiger charge is -2.19. The van der Waals surface area contributed by atoms with Crippen molar-refractivity contribution < 1.29 is 15.0 Å². The first-order valence-electron chi connectivity index (χ1n) is 5.33. The van der Waals surface area contributed by atoms with Crippen LogP contribution in [0.3, 0.4) is 0 Å². The van der Waals surface area contributed by atoms with E-state index < -0.39 is 11.5 Å². The van der Waals surface area contributed by atoms with Crippen LogP contribution in [0.4, 0.5) is 0 Å². The van der Waals surface area contributed by atoms with Crippen LogP contribution in [0.5, 0.6) is 5.75 Å². The minimum absolute atomic E-state index is 0.167. The number of carbonyl (C=O) groups is 1. The monoisotopic (exact) mass is 235 g/mol. The summed E-state index contributed by atoms with van der Waals surface area (Å²) in [5, 5.41) is 18.5. The number of aliphatic carboxylic acids is 1. The second-order valence-electron chi connectivity index (χ2n) is 4.29. The third-order valence-electron chi connectivity index (χ3n) is 2.50. The molecule has 0 unspecified atom stereocenters. The fourth-order valence-corrected chi connectivity index (χ4v) is 1.53. The Morgan fingerprint density at radius 3 is 2.71 bits per heavy atom. The van der Waals surface area contributed by atoms with Crippen LogP contribution < -0.4 is 5.73 Å². The number of hydrogen-bond acceptors (Lipinski definition) is 3. The molecule has 0 radical (unpaired) electrons. The van der Waals surface area contributed by atoms with Gasteiger partial charge >= 0.3 is 5.97 Å². The summed E-state index contributed by atoms with van der Waals surface area (Å²) in [5.41, 5.74) is 5.81. The van der Waals surface area contributed by atoms with Crippen LogP contribution in [-0.4, -0.2) is 21.7 Å². The summed E-state index contributed by atoms with van der Waals surface area (Å²) < 4.78 is 0. The van der Waals surface area contributed by atoms with Crippen molar-refractivity contribution in [2.24, 2.45) is 5.73 Å². The summed E-state index contributed by atoms with van der Waals surface area (Å²) >= 11 is 0. The summed E-state index contributed by atoms with van der Waals surface area (Å²) in [5.74, 6) is -0.876. The predicted molar refractivity (Wildman–Crippen MR) is 66.7 cm³/mol. The molecule has 0 aliphatic heterocycles. The number of benzene rings is 1. The zero-order valence-corrected chi connectivity index (χ0v) is 9.97. The number of rotatable bonds is 4. The molecule has 1 aromatic rings. The molecule has 0 fully saturated rings. The second kappa shape index (κ2) is 5.01. The lowest BCUT2D eigenvalue weighted by molar-refractivity contribution is -0.142. The van der Waals surface area contributed by atoms with Crippen LogP contribution in [0.25, 0.3) is 6.08 Å². The van der Waals surface area contributed by atoms with E-state index in [0.717, 1.165) is 5.56 Å². The standard InChI is InChI=1S/C13H17NO3/c1-3-4-10-7-9(5-6-11(10)15)8-13(2,14)12(16)17/h3-7,15H,8,14H2,1-2H3,(H,16,17)/b4-3+/t13-/m0/s1. The summed E-state index contributed by atoms with van der Waals surface area (Å²) in [6.07, 6.45) is 3.78. The highest BCUT2D eigenvalue weighted by Crippen LogP contribution is 2.22. The van der Waals surface area contributed by atoms with Gasteiger partial charge in [-0.1, -0.05) is 18.2 Å². The van der Waals surface area contributed by atoms with Crippen molar-refractivity contribution in [2.45, 2.75) is 25.8 Å². The second-order valence-corrected chi connectivity index (χ2v) is 4.29. The van der Waals surface area contributed by atoms with Crippen LogP contribution in [0.15, 0.2) is 24.3 Å². The van der Waals surface area contributed by atoms with Gasteiger partial charge in [0.1, 0.15) is 11.3 Å². The van der Waals surface area contributed by atoms with Crippen molar-refractivity contribution >= 4 is 12.0 Å². The number of carboxylic acid groups (broad SMARTS) is 1. The molecule has 4 heteroatoms. The lowest BCUT2D eigenvalue weighted by atomic mass is 9.93. The molecule has 1 aromatic carbocycles. The molecule has 0 spiro atoms. The van der Waals surface area contributed by atoms with Gasteiger partial charge in [0.05, 0.1) is 0 Å². The van der Waals surface area contributed by atoms with Crippen molar-refractivity contribution in [3.8, 4) is 5.75 Å². The highest BCUT2D eigenvalue weighted by Gasteiger charge is 2.28. The highest BCUT2D eigenvalue weighted by molar-refractivity contribution is 5.78. The Kier molecular flexibility index (Phi) is 3.91. The van der Waals surface area contributed by atoms with Crippen LogP contribution in [0.1, 0.15) is 25.0 Å². The van der Waals surface area contributed by atoms with E-state index in [4.69, 9.17) is 10.8 Å². The lowest BCUT2D eigenvalue weighted by Crippen LogP contribution is -2.46. The Bertz CT molecular complexity index is 450. The number of allylic oxidation sites excluding steroid dienone is 1. The van der Waals surface area contributed by atoms with Crippen LogP contribution in [0, 0.1) is 0 Å². The third-order valence-corrected chi connectivity index (χ3v) is 2.50. The first-order valence-corrected chi connectivity index (χ1v) is 5.33. The Labute approximate surface area is 100 Å². The first-order chi connectivity index (χ1) is 7.86. The minimum Gasteiger partial charge on any atom is -0.507 e. The van der Waals surface area contributed by atoms with Crippen molar-refractivity contribution in [1.29, 1.82) is 0 Å². The third kappa shape index (κ3) is 3.32. The maximum Gasteiger partial charge on any atom is 0.323 e. The summed E-state index contributed by atoms with van der Waals surface area (Å²) in [4.78, 5) is 10.9. The van der Waals surface area contributed by atoms with Gasteiger partial charge < -0.3 is 15.9 Å². The SMILES string of the molecule is C/C=C/c1cc(C[C@](C)(N)C(=O)O)ccc1O. The molecule has 0 aromatic heterocycles. The number of nitrogens with two attached hydrogens (primary N) is 1. The maximum absolute atomic E-state index is 10.9. The molecule has 0 aliphatic carbocycles. The number of hydrogen-bond donors (Lipinski definition) is 3. The Hall–Kier alpha value is -1.81. The van der Waals surface area contributed by atoms with E-state index in [-0.39, 0.29) is 12.2 Å². The van der Waals surface area contributed by atoms with Gasteiger partial charge in [-0.2, -0.15) is 0 Å². The summed E-state index contributed by atoms with van der Waals surface area (Å²) in [7, 11) is 0. The zero-order chi connectivity index (χ0) is 13.1. The zero-order valence-electron chi connectivity index (χ0n) is 9.97. The van der Waals surface area contributed by atoms with Gasteiger partial charge in [0.2, 0.25) is 0 Å². The molecule has 17 heavy (non-hydrogen) atoms. The van der Waals surface area contributed by atoms with Crippen LogP contribution in [-0.2, 0) is 11.2 Å². The normalized spacial score (nSPS) is 14.8. The molecule has 0 saturated heterocycles. The number of phenolic OH excluding ortho intramolecular Hbond substituents is 1. The molecule has 0 bridgehead atoms. The molecule has 1 rings (SSSR count). The smallest absolute Gasteiger partial charge is 0.323 e. The molecule has 0 heterocycles. The maximum atomic E-state index is 10.9. The fourth-order valence-electron chi connectivity index (χ4n) is 1.53. The Morgan fingerprint density at radius 2 is 2.18 bits per heavy atom. The predicted octanol–water partition coefficient (Wildman–Crippen LogP) is 1.77. The Morgan fingerprint density at radius 1 is 1.53 bits per heavy atom. The van der Waals surface area contributed by atoms with Gasteiger partial charge in [-0.25, -0.2) is 0 Å². The van der Waals surface area contributed by atoms with E-state index in [1.165, 1.54) is 6.92 Å². The molecule has 0 saturated carbocycles. The van der Waals surface area contributed by atoms with Crippen LogP contribution >= 0.6 is 0 Å². The van der Waals surface area contributed by atoms with Gasteiger partial charge in [-0.15, -0.1) is 0 Å². The highest BCUT2D eigenvalue weighted by atomic mass is 16.4. The minimum atomic E-state index is -1.30. The Balaban J connectivity index is 3.01. The molecule has 4 nitrogen and oxygen atoms in total. The molecule has 0 amide bonds. The largest absolute Gasteiger partial charge is 0.507 e. The summed E-state index contributed by atoms with van der Waals surface area (Å²) in [6, 6.07) is 4.96. The van der Waals surface area contributed by atoms with Crippen molar-refractivity contribution in [3.05, 3.63) is 35.4 Å². The van der Waals surface area contributed by atoms with E-state index in [0.29, 0.717) is 5.56 Å². The van der Waals surface area contributed by atoms with Crippen LogP contribution in [0.2, 0.25) is 0 Å². The molecule has 4 N–H and O–H groups in total. The van der Waals surface area contributed by atoms with E-state index in [1.807, 2.05) is 6.92 Å². The molecular weight excluding hydrogens is 218 g/mol. The van der Waals surface area contributed by atoms with E-state index in [2.05, 4.69) is 0 Å². The number of phenols is 1. The molecular formula is C13H17NO3. The molecule has 1 atom stereocenters. The van der Waals surface area contributed by atoms with Gasteiger partial charge in [0.25, 0.3) is 0 Å². The average molecular weight is 235 g/mol. The van der Waals surface area contributed by atoms with Crippen molar-refractivity contribution in [2.75, 3.05) is 0 Å². The average Bonchev–Trinajstić information content (AvgIpc) is 2.23. The van der Waals surface area contributed by atoms with Crippen molar-refractivity contribution in [1.82, 2.24) is 0 Å². The van der Waals surface area contributed by atoms with E-state index in [9.17, 15) is 9.90 Å². The van der Waals surface area contributed by atoms with E-state index in [1.54, 1.807) is 30.4 Å². The fraction of sp³-hybridized carbons (Fsp3) is 0.308. The number of carboxylic acids is 1. The van der Waals surface area contributed by atoms with Gasteiger partial charge in [-0.05, 0) is 31.5 Å². The molecule has 0 aliphatic rings. The quantitative estimate of drug-likeness (QED) is 0.742. The van der Waals surface area contributed by atoms with Gasteiger partial charge in [-0.3, -0.25) is 4.79 Å². The van der Waals surface area contributed by atoms with Gasteiger partial charge in [0, 0.05) is 12.0 Å². The molecule has 92 valence electrons. The van der Waals surface area contributed by atoms with Gasteiger partial charge in [0.15, 0.2) is 0 Å². The summed E-state index contributed by atoms with van der Waals surface area (Å²) in [6.45, 7) is 3.31. The number of aromatic hydroxyl groups is 1. The van der Waals surface area contributed by atoms with E-state index >= 15 is 0 Å². The van der Waals surface area contributed by atoms with Crippen molar-refractivity contribution in [3.63, 3.8) is 0 Å². The first kappa shape index (κ1) is 13.3. The topological polar surface area (TPSA) is 83.6 Å².